The van der Waals surface area contributed by atoms with Crippen molar-refractivity contribution >= 4 is 12.6 Å². The molecule has 10 heavy (non-hydrogen) atoms. The fraction of sp³-hybridized carbons (Fsp3) is 0.667. The van der Waals surface area contributed by atoms with Crippen LogP contribution in [0.1, 0.15) is 26.7 Å². The first-order valence-corrected chi connectivity index (χ1v) is 3.42. The van der Waals surface area contributed by atoms with E-state index in [0.29, 0.717) is 5.89 Å². The van der Waals surface area contributed by atoms with Crippen molar-refractivity contribution in [2.24, 2.45) is 0 Å². The third-order valence-corrected chi connectivity index (χ3v) is 1.21. The summed E-state index contributed by atoms with van der Waals surface area (Å²) in [6.45, 7) is 5.99. The zero-order valence-corrected chi connectivity index (χ0v) is 7.03. The van der Waals surface area contributed by atoms with Crippen molar-refractivity contribution in [3.63, 3.8) is 0 Å². The molecule has 0 saturated heterocycles. The van der Waals surface area contributed by atoms with Crippen molar-refractivity contribution < 1.29 is 4.42 Å². The van der Waals surface area contributed by atoms with E-state index in [0.717, 1.165) is 0 Å². The van der Waals surface area contributed by atoms with E-state index in [9.17, 15) is 0 Å². The minimum atomic E-state index is -0.0932. The number of aromatic nitrogens is 2. The van der Waals surface area contributed by atoms with Gasteiger partial charge in [0.1, 0.15) is 0 Å². The van der Waals surface area contributed by atoms with Crippen LogP contribution in [0.2, 0.25) is 0 Å². The van der Waals surface area contributed by atoms with Gasteiger partial charge in [-0.05, 0) is 12.6 Å². The molecule has 0 spiro atoms. The van der Waals surface area contributed by atoms with Crippen LogP contribution in [0.4, 0.5) is 0 Å². The van der Waals surface area contributed by atoms with Crippen molar-refractivity contribution in [3.8, 4) is 0 Å². The van der Waals surface area contributed by atoms with E-state index in [1.165, 1.54) is 0 Å². The average Bonchev–Trinajstić information content (AvgIpc) is 2.11. The van der Waals surface area contributed by atoms with Gasteiger partial charge in [-0.3, -0.25) is 0 Å². The van der Waals surface area contributed by atoms with Crippen LogP contribution in [-0.4, -0.2) is 10.2 Å². The van der Waals surface area contributed by atoms with Gasteiger partial charge in [-0.1, -0.05) is 25.9 Å². The Balaban J connectivity index is 2.96. The van der Waals surface area contributed by atoms with Crippen LogP contribution >= 0.6 is 12.6 Å². The molecule has 0 N–H and O–H groups in total. The quantitative estimate of drug-likeness (QED) is 0.577. The van der Waals surface area contributed by atoms with Gasteiger partial charge in [-0.2, -0.15) is 0 Å². The molecule has 4 heteroatoms. The topological polar surface area (TPSA) is 38.9 Å². The van der Waals surface area contributed by atoms with E-state index < -0.39 is 0 Å². The van der Waals surface area contributed by atoms with Gasteiger partial charge >= 0.3 is 5.22 Å². The predicted octanol–water partition coefficient (Wildman–Crippen LogP) is 1.92. The van der Waals surface area contributed by atoms with E-state index in [-0.39, 0.29) is 10.6 Å². The summed E-state index contributed by atoms with van der Waals surface area (Å²) in [5, 5.41) is 7.56. The van der Waals surface area contributed by atoms with Crippen molar-refractivity contribution in [3.05, 3.63) is 5.89 Å². The maximum absolute atomic E-state index is 5.04. The highest BCUT2D eigenvalue weighted by Crippen LogP contribution is 2.20. The first-order valence-electron chi connectivity index (χ1n) is 3.01. The molecule has 1 aromatic rings. The summed E-state index contributed by atoms with van der Waals surface area (Å²) in [5.41, 5.74) is -0.0932. The van der Waals surface area contributed by atoms with Gasteiger partial charge in [0.2, 0.25) is 5.89 Å². The molecule has 1 radical (unpaired) electrons. The van der Waals surface area contributed by atoms with E-state index in [1.54, 1.807) is 0 Å². The first kappa shape index (κ1) is 7.47. The highest BCUT2D eigenvalue weighted by molar-refractivity contribution is 7.80. The second-order valence-corrected chi connectivity index (χ2v) is 3.47. The van der Waals surface area contributed by atoms with E-state index in [2.05, 4.69) is 22.8 Å². The lowest BCUT2D eigenvalue weighted by Gasteiger charge is -2.10. The molecule has 0 aliphatic rings. The summed E-state index contributed by atoms with van der Waals surface area (Å²) < 4.78 is 5.04. The Bertz CT molecular complexity index is 226. The lowest BCUT2D eigenvalue weighted by atomic mass is 9.97. The van der Waals surface area contributed by atoms with Gasteiger partial charge < -0.3 is 4.42 Å². The van der Waals surface area contributed by atoms with Gasteiger partial charge in [0.25, 0.3) is 0 Å². The molecule has 1 rings (SSSR count). The van der Waals surface area contributed by atoms with Crippen LogP contribution in [0, 0.1) is 0 Å². The molecule has 0 atom stereocenters. The van der Waals surface area contributed by atoms with Gasteiger partial charge in [0.15, 0.2) is 0 Å². The van der Waals surface area contributed by atoms with Gasteiger partial charge in [-0.25, -0.2) is 0 Å². The Kier molecular flexibility index (Phi) is 1.64. The van der Waals surface area contributed by atoms with Crippen LogP contribution in [0.3, 0.4) is 0 Å². The Hall–Kier alpha value is -0.640. The maximum Gasteiger partial charge on any atom is 0.309 e. The van der Waals surface area contributed by atoms with Gasteiger partial charge in [-0.15, -0.1) is 5.10 Å². The summed E-state index contributed by atoms with van der Waals surface area (Å²) >= 11 is 4.66. The van der Waals surface area contributed by atoms with E-state index in [4.69, 9.17) is 4.42 Å². The molecule has 0 bridgehead atoms. The van der Waals surface area contributed by atoms with E-state index in [1.807, 2.05) is 20.8 Å². The highest BCUT2D eigenvalue weighted by Gasteiger charge is 2.20. The van der Waals surface area contributed by atoms with Crippen LogP contribution in [0.15, 0.2) is 9.64 Å². The smallest absolute Gasteiger partial charge is 0.309 e. The summed E-state index contributed by atoms with van der Waals surface area (Å²) in [5.74, 6) is 0.595. The fourth-order valence-electron chi connectivity index (χ4n) is 0.513. The van der Waals surface area contributed by atoms with Crippen molar-refractivity contribution in [2.45, 2.75) is 31.4 Å². The second-order valence-electron chi connectivity index (χ2n) is 3.12. The zero-order chi connectivity index (χ0) is 7.78. The van der Waals surface area contributed by atoms with Crippen molar-refractivity contribution in [1.82, 2.24) is 10.2 Å². The normalized spacial score (nSPS) is 11.9. The minimum absolute atomic E-state index is 0.0932. The molecule has 1 aromatic heterocycles. The Morgan fingerprint density at radius 3 is 2.10 bits per heavy atom. The zero-order valence-electron chi connectivity index (χ0n) is 6.21. The van der Waals surface area contributed by atoms with Gasteiger partial charge in [0.05, 0.1) is 0 Å². The largest absolute Gasteiger partial charge is 0.412 e. The van der Waals surface area contributed by atoms with Crippen molar-refractivity contribution in [1.29, 1.82) is 0 Å². The average molecular weight is 157 g/mol. The van der Waals surface area contributed by atoms with E-state index >= 15 is 0 Å². The molecular weight excluding hydrogens is 148 g/mol. The number of rotatable bonds is 0. The molecule has 55 valence electrons. The monoisotopic (exact) mass is 157 g/mol. The second kappa shape index (κ2) is 2.20. The predicted molar refractivity (Wildman–Crippen MR) is 38.9 cm³/mol. The fourth-order valence-corrected chi connectivity index (χ4v) is 0.633. The molecular formula is C6H9N2OS. The lowest BCUT2D eigenvalue weighted by Crippen LogP contribution is -2.11. The molecule has 0 aliphatic heterocycles. The Morgan fingerprint density at radius 1 is 1.30 bits per heavy atom. The number of hydrogen-bond donors (Lipinski definition) is 0. The molecule has 3 nitrogen and oxygen atoms in total. The molecule has 1 heterocycles. The Labute approximate surface area is 65.2 Å². The third kappa shape index (κ3) is 1.44. The molecule has 0 unspecified atom stereocenters. The summed E-state index contributed by atoms with van der Waals surface area (Å²) in [6, 6.07) is 0. The summed E-state index contributed by atoms with van der Waals surface area (Å²) in [6.07, 6.45) is 0. The minimum Gasteiger partial charge on any atom is -0.412 e. The molecule has 0 saturated carbocycles. The number of nitrogens with zero attached hydrogens (tertiary/aromatic N) is 2. The van der Waals surface area contributed by atoms with Crippen LogP contribution in [0.5, 0.6) is 0 Å². The van der Waals surface area contributed by atoms with Crippen molar-refractivity contribution in [2.75, 3.05) is 0 Å². The standard InChI is InChI=1S/C6H9N2OS/c1-6(2,3)4-7-8-5(10)9-4/h1-3H3. The highest BCUT2D eigenvalue weighted by atomic mass is 32.1. The summed E-state index contributed by atoms with van der Waals surface area (Å²) in [7, 11) is 0. The number of hydrogen-bond acceptors (Lipinski definition) is 3. The van der Waals surface area contributed by atoms with Crippen LogP contribution in [0.25, 0.3) is 0 Å². The molecule has 0 amide bonds. The molecule has 0 fully saturated rings. The molecule has 0 aliphatic carbocycles. The molecule has 0 aromatic carbocycles. The summed E-state index contributed by atoms with van der Waals surface area (Å²) in [4.78, 5) is 0. The van der Waals surface area contributed by atoms with Crippen LogP contribution in [-0.2, 0) is 5.41 Å². The van der Waals surface area contributed by atoms with Gasteiger partial charge in [0, 0.05) is 5.41 Å². The Morgan fingerprint density at radius 2 is 1.90 bits per heavy atom. The maximum atomic E-state index is 5.04. The lowest BCUT2D eigenvalue weighted by molar-refractivity contribution is 0.348. The van der Waals surface area contributed by atoms with Crippen LogP contribution < -0.4 is 0 Å². The third-order valence-electron chi connectivity index (χ3n) is 1.05. The first-order chi connectivity index (χ1) is 4.50. The SMILES string of the molecule is CC(C)(C)c1nnc([S])o1.